The Hall–Kier alpha value is -2.96. The summed E-state index contributed by atoms with van der Waals surface area (Å²) in [5.74, 6) is -0.488. The summed E-state index contributed by atoms with van der Waals surface area (Å²) in [6.07, 6.45) is -4.73. The van der Waals surface area contributed by atoms with Crippen molar-refractivity contribution in [2.45, 2.75) is 11.1 Å². The van der Waals surface area contributed by atoms with E-state index in [4.69, 9.17) is 21.1 Å². The van der Waals surface area contributed by atoms with E-state index in [-0.39, 0.29) is 27.8 Å². The number of sulfonamides is 1. The lowest BCUT2D eigenvalue weighted by atomic mass is 10.2. The van der Waals surface area contributed by atoms with Crippen LogP contribution in [0.3, 0.4) is 0 Å². The fourth-order valence-electron chi connectivity index (χ4n) is 3.16. The minimum Gasteiger partial charge on any atom is -0.493 e. The third-order valence-corrected chi connectivity index (χ3v) is 7.90. The van der Waals surface area contributed by atoms with E-state index in [1.807, 2.05) is 0 Å². The fraction of sp³-hybridized carbons (Fsp3) is 0.174. The Bertz CT molecular complexity index is 1390. The second kappa shape index (κ2) is 11.0. The zero-order chi connectivity index (χ0) is 26.7. The van der Waals surface area contributed by atoms with E-state index < -0.39 is 34.2 Å². The van der Waals surface area contributed by atoms with Crippen LogP contribution in [0.4, 0.5) is 24.5 Å². The number of carbonyl (C=O) groups is 1. The number of rotatable bonds is 8. The average Bonchev–Trinajstić information content (AvgIpc) is 2.83. The highest BCUT2D eigenvalue weighted by molar-refractivity contribution is 9.10. The summed E-state index contributed by atoms with van der Waals surface area (Å²) in [4.78, 5) is 12.5. The molecule has 3 rings (SSSR count). The van der Waals surface area contributed by atoms with Crippen LogP contribution in [0.25, 0.3) is 0 Å². The van der Waals surface area contributed by atoms with Gasteiger partial charge in [-0.15, -0.1) is 0 Å². The molecule has 0 aromatic heterocycles. The highest BCUT2D eigenvalue weighted by Gasteiger charge is 2.33. The fourth-order valence-corrected chi connectivity index (χ4v) is 5.02. The second-order valence-electron chi connectivity index (χ2n) is 7.25. The number of ether oxygens (including phenoxy) is 2. The number of amides is 1. The lowest BCUT2D eigenvalue weighted by molar-refractivity contribution is -0.137. The summed E-state index contributed by atoms with van der Waals surface area (Å²) in [7, 11) is -1.88. The zero-order valence-corrected chi connectivity index (χ0v) is 21.9. The van der Waals surface area contributed by atoms with Crippen molar-refractivity contribution < 1.29 is 35.9 Å². The molecule has 0 saturated heterocycles. The molecule has 0 bridgehead atoms. The highest BCUT2D eigenvalue weighted by atomic mass is 79.9. The quantitative estimate of drug-likeness (QED) is 0.341. The molecule has 0 aliphatic heterocycles. The van der Waals surface area contributed by atoms with Crippen molar-refractivity contribution in [2.75, 3.05) is 30.4 Å². The SMILES string of the molecule is COc1ccc(S(=O)(=O)N(CC(=O)Nc2ccc(Br)c(Cl)c2)c2cccc(C(F)(F)F)c2)cc1OC. The number of hydrogen-bond acceptors (Lipinski definition) is 5. The Balaban J connectivity index is 2.06. The van der Waals surface area contributed by atoms with Gasteiger partial charge in [-0.25, -0.2) is 8.42 Å². The minimum atomic E-state index is -4.73. The summed E-state index contributed by atoms with van der Waals surface area (Å²) in [6, 6.07) is 11.9. The van der Waals surface area contributed by atoms with Crippen LogP contribution in [0.1, 0.15) is 5.56 Å². The van der Waals surface area contributed by atoms with Crippen LogP contribution in [0.5, 0.6) is 11.5 Å². The number of carbonyl (C=O) groups excluding carboxylic acids is 1. The molecule has 3 aromatic rings. The van der Waals surface area contributed by atoms with Crippen LogP contribution in [0, 0.1) is 0 Å². The van der Waals surface area contributed by atoms with Crippen LogP contribution in [-0.4, -0.2) is 35.1 Å². The van der Waals surface area contributed by atoms with Crippen molar-refractivity contribution in [2.24, 2.45) is 0 Å². The van der Waals surface area contributed by atoms with E-state index in [2.05, 4.69) is 21.2 Å². The summed E-state index contributed by atoms with van der Waals surface area (Å²) >= 11 is 9.25. The molecule has 7 nitrogen and oxygen atoms in total. The number of nitrogens with zero attached hydrogens (tertiary/aromatic N) is 1. The van der Waals surface area contributed by atoms with Gasteiger partial charge in [0, 0.05) is 16.2 Å². The number of halogens is 5. The van der Waals surface area contributed by atoms with Crippen molar-refractivity contribution in [3.63, 3.8) is 0 Å². The van der Waals surface area contributed by atoms with E-state index in [1.165, 1.54) is 38.5 Å². The van der Waals surface area contributed by atoms with Crippen LogP contribution in [0.15, 0.2) is 70.0 Å². The van der Waals surface area contributed by atoms with Gasteiger partial charge in [-0.05, 0) is 64.5 Å². The van der Waals surface area contributed by atoms with Gasteiger partial charge < -0.3 is 14.8 Å². The first kappa shape index (κ1) is 27.6. The molecule has 1 amide bonds. The minimum absolute atomic E-state index is 0.0801. The molecule has 0 radical (unpaired) electrons. The summed E-state index contributed by atoms with van der Waals surface area (Å²) in [5, 5.41) is 2.79. The predicted molar refractivity (Wildman–Crippen MR) is 133 cm³/mol. The van der Waals surface area contributed by atoms with Crippen molar-refractivity contribution in [3.8, 4) is 11.5 Å². The molecule has 36 heavy (non-hydrogen) atoms. The molecule has 0 spiro atoms. The maximum atomic E-state index is 13.6. The van der Waals surface area contributed by atoms with Gasteiger partial charge in [-0.1, -0.05) is 17.7 Å². The average molecular weight is 608 g/mol. The molecule has 0 unspecified atom stereocenters. The van der Waals surface area contributed by atoms with Gasteiger partial charge in [0.15, 0.2) is 11.5 Å². The third kappa shape index (κ3) is 6.23. The monoisotopic (exact) mass is 606 g/mol. The molecule has 0 aliphatic rings. The molecular formula is C23H19BrClF3N2O5S. The molecular weight excluding hydrogens is 589 g/mol. The molecule has 0 atom stereocenters. The van der Waals surface area contributed by atoms with Crippen LogP contribution < -0.4 is 19.1 Å². The topological polar surface area (TPSA) is 84.9 Å². The van der Waals surface area contributed by atoms with E-state index in [0.29, 0.717) is 19.9 Å². The lowest BCUT2D eigenvalue weighted by Gasteiger charge is -2.25. The van der Waals surface area contributed by atoms with Gasteiger partial charge in [0.2, 0.25) is 5.91 Å². The van der Waals surface area contributed by atoms with Gasteiger partial charge in [0.1, 0.15) is 6.54 Å². The van der Waals surface area contributed by atoms with E-state index in [1.54, 1.807) is 6.07 Å². The van der Waals surface area contributed by atoms with Crippen LogP contribution in [-0.2, 0) is 21.0 Å². The smallest absolute Gasteiger partial charge is 0.416 e. The third-order valence-electron chi connectivity index (χ3n) is 4.90. The summed E-state index contributed by atoms with van der Waals surface area (Å²) < 4.78 is 78.7. The van der Waals surface area contributed by atoms with Gasteiger partial charge in [0.05, 0.1) is 35.4 Å². The highest BCUT2D eigenvalue weighted by Crippen LogP contribution is 2.35. The zero-order valence-electron chi connectivity index (χ0n) is 18.8. The maximum Gasteiger partial charge on any atom is 0.416 e. The standard InChI is InChI=1S/C23H19BrClF3N2O5S/c1-34-20-9-7-17(12-21(20)35-2)36(32,33)30(16-5-3-4-14(10-16)23(26,27)28)13-22(31)29-15-6-8-18(24)19(25)11-15/h3-12H,13H2,1-2H3,(H,29,31). The summed E-state index contributed by atoms with van der Waals surface area (Å²) in [5.41, 5.74) is -1.17. The lowest BCUT2D eigenvalue weighted by Crippen LogP contribution is -2.38. The van der Waals surface area contributed by atoms with Crippen molar-refractivity contribution >= 4 is 54.8 Å². The number of nitrogens with one attached hydrogen (secondary N) is 1. The second-order valence-corrected chi connectivity index (χ2v) is 10.4. The first-order valence-corrected chi connectivity index (χ1v) is 12.6. The Labute approximate surface area is 218 Å². The number of methoxy groups -OCH3 is 2. The van der Waals surface area contributed by atoms with Gasteiger partial charge in [-0.2, -0.15) is 13.2 Å². The molecule has 192 valence electrons. The van der Waals surface area contributed by atoms with Crippen LogP contribution in [0.2, 0.25) is 5.02 Å². The molecule has 0 saturated carbocycles. The Kier molecular flexibility index (Phi) is 8.42. The van der Waals surface area contributed by atoms with Crippen molar-refractivity contribution in [1.82, 2.24) is 0 Å². The molecule has 0 heterocycles. The normalized spacial score (nSPS) is 11.6. The van der Waals surface area contributed by atoms with E-state index in [0.717, 1.165) is 24.3 Å². The maximum absolute atomic E-state index is 13.6. The Morgan fingerprint density at radius 1 is 1.03 bits per heavy atom. The number of hydrogen-bond donors (Lipinski definition) is 1. The van der Waals surface area contributed by atoms with Gasteiger partial charge in [-0.3, -0.25) is 9.10 Å². The molecule has 13 heteroatoms. The predicted octanol–water partition coefficient (Wildman–Crippen LogP) is 5.97. The molecule has 0 fully saturated rings. The van der Waals surface area contributed by atoms with Crippen molar-refractivity contribution in [1.29, 1.82) is 0 Å². The number of benzene rings is 3. The van der Waals surface area contributed by atoms with E-state index in [9.17, 15) is 26.4 Å². The van der Waals surface area contributed by atoms with Gasteiger partial charge >= 0.3 is 6.18 Å². The number of alkyl halides is 3. The summed E-state index contributed by atoms with van der Waals surface area (Å²) in [6.45, 7) is -0.828. The largest absolute Gasteiger partial charge is 0.493 e. The molecule has 3 aromatic carbocycles. The number of anilines is 2. The van der Waals surface area contributed by atoms with Crippen LogP contribution >= 0.6 is 27.5 Å². The molecule has 1 N–H and O–H groups in total. The van der Waals surface area contributed by atoms with E-state index >= 15 is 0 Å². The Morgan fingerprint density at radius 2 is 1.72 bits per heavy atom. The first-order valence-electron chi connectivity index (χ1n) is 10.0. The molecule has 0 aliphatic carbocycles. The first-order chi connectivity index (χ1) is 16.9. The van der Waals surface area contributed by atoms with Gasteiger partial charge in [0.25, 0.3) is 10.0 Å². The van der Waals surface area contributed by atoms with Crippen molar-refractivity contribution in [3.05, 3.63) is 75.7 Å². The Morgan fingerprint density at radius 3 is 2.33 bits per heavy atom.